The van der Waals surface area contributed by atoms with Crippen molar-refractivity contribution in [2.24, 2.45) is 7.05 Å². The third-order valence-electron chi connectivity index (χ3n) is 4.55. The normalized spacial score (nSPS) is 19.1. The lowest BCUT2D eigenvalue weighted by Gasteiger charge is -2.12. The third-order valence-corrected chi connectivity index (χ3v) is 6.32. The fourth-order valence-corrected chi connectivity index (χ4v) is 5.02. The van der Waals surface area contributed by atoms with Crippen molar-refractivity contribution < 1.29 is 17.6 Å². The number of nitrogens with one attached hydrogen (secondary N) is 1. The van der Waals surface area contributed by atoms with Crippen LogP contribution in [0.4, 0.5) is 0 Å². The molecule has 4 rings (SSSR count). The van der Waals surface area contributed by atoms with E-state index in [1.54, 1.807) is 36.2 Å². The first-order chi connectivity index (χ1) is 12.3. The zero-order chi connectivity index (χ0) is 18.5. The summed E-state index contributed by atoms with van der Waals surface area (Å²) in [5, 5.41) is 7.85. The van der Waals surface area contributed by atoms with E-state index in [9.17, 15) is 13.2 Å². The number of rotatable bonds is 3. The maximum absolute atomic E-state index is 12.9. The van der Waals surface area contributed by atoms with Gasteiger partial charge in [-0.05, 0) is 31.5 Å². The van der Waals surface area contributed by atoms with Crippen LogP contribution in [0.5, 0.6) is 0 Å². The van der Waals surface area contributed by atoms with E-state index in [1.807, 2.05) is 6.92 Å². The van der Waals surface area contributed by atoms with E-state index < -0.39 is 9.84 Å². The predicted molar refractivity (Wildman–Crippen MR) is 95.5 cm³/mol. The Morgan fingerprint density at radius 1 is 1.42 bits per heavy atom. The number of furan rings is 1. The molecule has 1 unspecified atom stereocenters. The monoisotopic (exact) mass is 374 g/mol. The average Bonchev–Trinajstić information content (AvgIpc) is 3.28. The fraction of sp³-hybridized carbons (Fsp3) is 0.353. The van der Waals surface area contributed by atoms with Gasteiger partial charge >= 0.3 is 0 Å². The predicted octanol–water partition coefficient (Wildman–Crippen LogP) is 1.45. The maximum Gasteiger partial charge on any atom is 0.252 e. The number of pyridine rings is 1. The number of hydrogen-bond acceptors (Lipinski definition) is 6. The highest BCUT2D eigenvalue weighted by Gasteiger charge is 2.30. The standard InChI is InChI=1S/C17H18N4O4S/c1-10-15-12(17(22)18-11-5-7-26(23,24)9-11)8-13(14-4-3-6-25-14)19-16(15)21(2)20-10/h3-4,6,8,11H,5,7,9H2,1-2H3,(H,18,22). The molecule has 0 radical (unpaired) electrons. The summed E-state index contributed by atoms with van der Waals surface area (Å²) in [6, 6.07) is 4.80. The van der Waals surface area contributed by atoms with E-state index in [0.717, 1.165) is 0 Å². The summed E-state index contributed by atoms with van der Waals surface area (Å²) in [5.74, 6) is 0.295. The number of carbonyl (C=O) groups is 1. The number of nitrogens with zero attached hydrogens (tertiary/aromatic N) is 3. The SMILES string of the molecule is Cc1nn(C)c2nc(-c3ccco3)cc(C(=O)NC3CCS(=O)(=O)C3)c12. The molecule has 3 aromatic rings. The van der Waals surface area contributed by atoms with E-state index in [4.69, 9.17) is 4.42 Å². The van der Waals surface area contributed by atoms with Crippen molar-refractivity contribution in [2.75, 3.05) is 11.5 Å². The molecule has 4 heterocycles. The van der Waals surface area contributed by atoms with Crippen molar-refractivity contribution in [1.82, 2.24) is 20.1 Å². The zero-order valence-corrected chi connectivity index (χ0v) is 15.2. The molecule has 0 saturated carbocycles. The average molecular weight is 374 g/mol. The zero-order valence-electron chi connectivity index (χ0n) is 14.4. The van der Waals surface area contributed by atoms with Gasteiger partial charge in [0.25, 0.3) is 5.91 Å². The van der Waals surface area contributed by atoms with Crippen molar-refractivity contribution >= 4 is 26.8 Å². The number of aryl methyl sites for hydroxylation is 2. The van der Waals surface area contributed by atoms with Crippen LogP contribution in [0.1, 0.15) is 22.5 Å². The minimum atomic E-state index is -3.07. The summed E-state index contributed by atoms with van der Waals surface area (Å²) in [4.78, 5) is 17.5. The van der Waals surface area contributed by atoms with E-state index in [-0.39, 0.29) is 23.5 Å². The van der Waals surface area contributed by atoms with Gasteiger partial charge in [0.1, 0.15) is 5.69 Å². The lowest BCUT2D eigenvalue weighted by molar-refractivity contribution is 0.0942. The lowest BCUT2D eigenvalue weighted by Crippen LogP contribution is -2.35. The highest BCUT2D eigenvalue weighted by atomic mass is 32.2. The first kappa shape index (κ1) is 16.8. The maximum atomic E-state index is 12.9. The second-order valence-corrected chi connectivity index (χ2v) is 8.74. The van der Waals surface area contributed by atoms with Crippen LogP contribution in [0.25, 0.3) is 22.5 Å². The van der Waals surface area contributed by atoms with Crippen LogP contribution in [-0.2, 0) is 16.9 Å². The first-order valence-corrected chi connectivity index (χ1v) is 10.1. The topological polar surface area (TPSA) is 107 Å². The van der Waals surface area contributed by atoms with Gasteiger partial charge in [0.15, 0.2) is 21.2 Å². The van der Waals surface area contributed by atoms with Gasteiger partial charge in [-0.2, -0.15) is 5.10 Å². The number of fused-ring (bicyclic) bond motifs is 1. The molecule has 1 N–H and O–H groups in total. The molecule has 3 aromatic heterocycles. The van der Waals surface area contributed by atoms with E-state index in [1.165, 1.54) is 0 Å². The number of amides is 1. The molecule has 1 aliphatic heterocycles. The Balaban J connectivity index is 1.79. The lowest BCUT2D eigenvalue weighted by atomic mass is 10.1. The van der Waals surface area contributed by atoms with Gasteiger partial charge in [-0.1, -0.05) is 0 Å². The number of sulfone groups is 1. The smallest absolute Gasteiger partial charge is 0.252 e. The molecule has 26 heavy (non-hydrogen) atoms. The number of aromatic nitrogens is 3. The molecular weight excluding hydrogens is 356 g/mol. The molecule has 1 amide bonds. The first-order valence-electron chi connectivity index (χ1n) is 8.23. The summed E-state index contributed by atoms with van der Waals surface area (Å²) < 4.78 is 30.3. The fourth-order valence-electron chi connectivity index (χ4n) is 3.35. The van der Waals surface area contributed by atoms with Gasteiger partial charge < -0.3 is 9.73 Å². The number of hydrogen-bond donors (Lipinski definition) is 1. The molecule has 0 aromatic carbocycles. The summed E-state index contributed by atoms with van der Waals surface area (Å²) in [5.41, 5.74) is 2.19. The van der Waals surface area contributed by atoms with Crippen LogP contribution in [-0.4, -0.2) is 46.6 Å². The van der Waals surface area contributed by atoms with E-state index in [2.05, 4.69) is 15.4 Å². The van der Waals surface area contributed by atoms with Gasteiger partial charge in [-0.3, -0.25) is 9.48 Å². The molecule has 9 heteroatoms. The molecule has 1 fully saturated rings. The molecule has 0 spiro atoms. The molecule has 1 saturated heterocycles. The van der Waals surface area contributed by atoms with Crippen LogP contribution in [0, 0.1) is 6.92 Å². The van der Waals surface area contributed by atoms with Crippen molar-refractivity contribution in [3.8, 4) is 11.5 Å². The molecule has 136 valence electrons. The number of carbonyl (C=O) groups excluding carboxylic acids is 1. The van der Waals surface area contributed by atoms with Crippen LogP contribution in [0.2, 0.25) is 0 Å². The largest absolute Gasteiger partial charge is 0.463 e. The molecule has 0 bridgehead atoms. The van der Waals surface area contributed by atoms with Crippen molar-refractivity contribution in [3.05, 3.63) is 35.7 Å². The van der Waals surface area contributed by atoms with Gasteiger partial charge in [0.05, 0.1) is 34.4 Å². The Morgan fingerprint density at radius 3 is 2.88 bits per heavy atom. The molecule has 1 aliphatic rings. The summed E-state index contributed by atoms with van der Waals surface area (Å²) in [6.45, 7) is 1.81. The van der Waals surface area contributed by atoms with Gasteiger partial charge in [-0.25, -0.2) is 13.4 Å². The van der Waals surface area contributed by atoms with Crippen LogP contribution in [0.15, 0.2) is 28.9 Å². The molecule has 0 aliphatic carbocycles. The molecular formula is C17H18N4O4S. The van der Waals surface area contributed by atoms with Crippen molar-refractivity contribution in [3.63, 3.8) is 0 Å². The van der Waals surface area contributed by atoms with Crippen LogP contribution in [0.3, 0.4) is 0 Å². The molecule has 8 nitrogen and oxygen atoms in total. The Labute approximate surface area is 150 Å². The van der Waals surface area contributed by atoms with E-state index >= 15 is 0 Å². The Kier molecular flexibility index (Phi) is 3.83. The minimum absolute atomic E-state index is 0.0238. The van der Waals surface area contributed by atoms with E-state index in [0.29, 0.717) is 40.2 Å². The second-order valence-electron chi connectivity index (χ2n) is 6.51. The highest BCUT2D eigenvalue weighted by molar-refractivity contribution is 7.91. The summed E-state index contributed by atoms with van der Waals surface area (Å²) in [7, 11) is -1.31. The van der Waals surface area contributed by atoms with Crippen molar-refractivity contribution in [1.29, 1.82) is 0 Å². The van der Waals surface area contributed by atoms with Crippen LogP contribution >= 0.6 is 0 Å². The minimum Gasteiger partial charge on any atom is -0.463 e. The third kappa shape index (κ3) is 2.88. The quantitative estimate of drug-likeness (QED) is 0.744. The Bertz CT molecular complexity index is 1100. The van der Waals surface area contributed by atoms with Gasteiger partial charge in [0, 0.05) is 13.1 Å². The van der Waals surface area contributed by atoms with Crippen molar-refractivity contribution in [2.45, 2.75) is 19.4 Å². The summed E-state index contributed by atoms with van der Waals surface area (Å²) >= 11 is 0. The Hall–Kier alpha value is -2.68. The Morgan fingerprint density at radius 2 is 2.23 bits per heavy atom. The highest BCUT2D eigenvalue weighted by Crippen LogP contribution is 2.27. The van der Waals surface area contributed by atoms with Gasteiger partial charge in [-0.15, -0.1) is 0 Å². The van der Waals surface area contributed by atoms with Crippen LogP contribution < -0.4 is 5.32 Å². The molecule has 1 atom stereocenters. The van der Waals surface area contributed by atoms with Gasteiger partial charge in [0.2, 0.25) is 0 Å². The second kappa shape index (κ2) is 5.94. The summed E-state index contributed by atoms with van der Waals surface area (Å²) in [6.07, 6.45) is 1.97.